The van der Waals surface area contributed by atoms with Crippen LogP contribution in [0.3, 0.4) is 0 Å². The van der Waals surface area contributed by atoms with Crippen molar-refractivity contribution in [1.29, 1.82) is 0 Å². The molecule has 1 aliphatic carbocycles. The van der Waals surface area contributed by atoms with Gasteiger partial charge in [-0.2, -0.15) is 0 Å². The second-order valence-electron chi connectivity index (χ2n) is 5.41. The summed E-state index contributed by atoms with van der Waals surface area (Å²) < 4.78 is 0. The highest BCUT2D eigenvalue weighted by Gasteiger charge is 2.27. The van der Waals surface area contributed by atoms with Crippen molar-refractivity contribution >= 4 is 0 Å². The number of piperazine rings is 1. The molecule has 0 amide bonds. The first-order chi connectivity index (χ1) is 8.16. The zero-order chi connectivity index (χ0) is 12.3. The van der Waals surface area contributed by atoms with Gasteiger partial charge in [-0.05, 0) is 12.8 Å². The van der Waals surface area contributed by atoms with E-state index in [4.69, 9.17) is 0 Å². The second-order valence-corrected chi connectivity index (χ2v) is 5.41. The van der Waals surface area contributed by atoms with Gasteiger partial charge in [0.15, 0.2) is 0 Å². The lowest BCUT2D eigenvalue weighted by molar-refractivity contribution is -0.518. The van der Waals surface area contributed by atoms with Gasteiger partial charge in [-0.1, -0.05) is 12.8 Å². The molecule has 5 nitrogen and oxygen atoms in total. The lowest BCUT2D eigenvalue weighted by Crippen LogP contribution is -2.51. The van der Waals surface area contributed by atoms with Crippen molar-refractivity contribution in [3.8, 4) is 0 Å². The van der Waals surface area contributed by atoms with Crippen LogP contribution in [0.2, 0.25) is 0 Å². The average Bonchev–Trinajstić information content (AvgIpc) is 2.83. The molecule has 5 heteroatoms. The molecular weight excluding hydrogens is 218 g/mol. The Hall–Kier alpha value is -0.680. The molecule has 1 unspecified atom stereocenters. The summed E-state index contributed by atoms with van der Waals surface area (Å²) in [7, 11) is 0. The van der Waals surface area contributed by atoms with E-state index in [1.54, 1.807) is 6.92 Å². The van der Waals surface area contributed by atoms with Crippen LogP contribution in [-0.2, 0) is 0 Å². The summed E-state index contributed by atoms with van der Waals surface area (Å²) in [5.41, 5.74) is 0. The van der Waals surface area contributed by atoms with E-state index in [9.17, 15) is 10.1 Å². The van der Waals surface area contributed by atoms with Crippen LogP contribution in [0.25, 0.3) is 0 Å². The number of rotatable bonds is 4. The zero-order valence-electron chi connectivity index (χ0n) is 10.7. The molecule has 0 spiro atoms. The van der Waals surface area contributed by atoms with E-state index >= 15 is 0 Å². The summed E-state index contributed by atoms with van der Waals surface area (Å²) in [4.78, 5) is 15.3. The monoisotopic (exact) mass is 241 g/mol. The summed E-state index contributed by atoms with van der Waals surface area (Å²) >= 11 is 0. The molecule has 2 fully saturated rings. The van der Waals surface area contributed by atoms with Crippen LogP contribution in [0, 0.1) is 10.1 Å². The Bertz CT molecular complexity index is 258. The van der Waals surface area contributed by atoms with Gasteiger partial charge in [-0.3, -0.25) is 19.9 Å². The van der Waals surface area contributed by atoms with Crippen LogP contribution < -0.4 is 0 Å². The summed E-state index contributed by atoms with van der Waals surface area (Å²) in [6.07, 6.45) is 5.46. The van der Waals surface area contributed by atoms with Gasteiger partial charge in [-0.25, -0.2) is 0 Å². The normalized spacial score (nSPS) is 26.2. The molecule has 0 aromatic rings. The van der Waals surface area contributed by atoms with Gasteiger partial charge < -0.3 is 0 Å². The van der Waals surface area contributed by atoms with Crippen molar-refractivity contribution in [2.24, 2.45) is 0 Å². The molecule has 2 aliphatic rings. The van der Waals surface area contributed by atoms with Gasteiger partial charge >= 0.3 is 0 Å². The minimum Gasteiger partial charge on any atom is -0.298 e. The fourth-order valence-corrected chi connectivity index (χ4v) is 3.02. The van der Waals surface area contributed by atoms with Gasteiger partial charge in [-0.15, -0.1) is 0 Å². The fourth-order valence-electron chi connectivity index (χ4n) is 3.02. The highest BCUT2D eigenvalue weighted by Crippen LogP contribution is 2.24. The second kappa shape index (κ2) is 5.78. The molecule has 0 radical (unpaired) electrons. The molecule has 1 saturated carbocycles. The first-order valence-electron chi connectivity index (χ1n) is 6.76. The van der Waals surface area contributed by atoms with Gasteiger partial charge in [0.25, 0.3) is 0 Å². The third-order valence-corrected chi connectivity index (χ3v) is 4.13. The topological polar surface area (TPSA) is 49.6 Å². The summed E-state index contributed by atoms with van der Waals surface area (Å²) in [5.74, 6) is 0. The first kappa shape index (κ1) is 12.8. The van der Waals surface area contributed by atoms with E-state index in [0.717, 1.165) is 32.2 Å². The Morgan fingerprint density at radius 1 is 1.24 bits per heavy atom. The van der Waals surface area contributed by atoms with Crippen molar-refractivity contribution in [3.63, 3.8) is 0 Å². The standard InChI is InChI=1S/C12H23N3O2/c1-11(15(16)17)10-13-6-8-14(9-7-13)12-4-2-3-5-12/h11-12H,2-10H2,1H3. The quantitative estimate of drug-likeness (QED) is 0.548. The van der Waals surface area contributed by atoms with E-state index in [1.165, 1.54) is 25.7 Å². The smallest absolute Gasteiger partial charge is 0.222 e. The van der Waals surface area contributed by atoms with Crippen molar-refractivity contribution < 1.29 is 4.92 Å². The number of nitrogens with zero attached hydrogens (tertiary/aromatic N) is 3. The van der Waals surface area contributed by atoms with E-state index < -0.39 is 6.04 Å². The van der Waals surface area contributed by atoms with Gasteiger partial charge in [0.05, 0.1) is 6.54 Å². The van der Waals surface area contributed by atoms with Crippen LogP contribution in [0.15, 0.2) is 0 Å². The number of hydrogen-bond donors (Lipinski definition) is 0. The Balaban J connectivity index is 1.72. The van der Waals surface area contributed by atoms with E-state index in [0.29, 0.717) is 6.54 Å². The minimum atomic E-state index is -0.437. The molecule has 98 valence electrons. The van der Waals surface area contributed by atoms with E-state index in [-0.39, 0.29) is 4.92 Å². The van der Waals surface area contributed by atoms with Crippen LogP contribution in [0.1, 0.15) is 32.6 Å². The third kappa shape index (κ3) is 3.39. The predicted molar refractivity (Wildman–Crippen MR) is 66.7 cm³/mol. The molecular formula is C12H23N3O2. The maximum absolute atomic E-state index is 10.6. The van der Waals surface area contributed by atoms with Crippen molar-refractivity contribution in [2.45, 2.75) is 44.7 Å². The summed E-state index contributed by atoms with van der Waals surface area (Å²) in [5, 5.41) is 10.6. The lowest BCUT2D eigenvalue weighted by atomic mass is 10.1. The Kier molecular flexibility index (Phi) is 4.34. The van der Waals surface area contributed by atoms with Crippen LogP contribution in [0.5, 0.6) is 0 Å². The maximum Gasteiger partial charge on any atom is 0.222 e. The highest BCUT2D eigenvalue weighted by atomic mass is 16.6. The molecule has 1 saturated heterocycles. The van der Waals surface area contributed by atoms with Crippen LogP contribution in [0.4, 0.5) is 0 Å². The van der Waals surface area contributed by atoms with Gasteiger partial charge in [0, 0.05) is 44.1 Å². The zero-order valence-corrected chi connectivity index (χ0v) is 10.7. The molecule has 1 aliphatic heterocycles. The molecule has 1 atom stereocenters. The Morgan fingerprint density at radius 2 is 1.82 bits per heavy atom. The summed E-state index contributed by atoms with van der Waals surface area (Å²) in [6.45, 7) is 6.47. The largest absolute Gasteiger partial charge is 0.298 e. The molecule has 0 N–H and O–H groups in total. The molecule has 17 heavy (non-hydrogen) atoms. The van der Waals surface area contributed by atoms with E-state index in [1.807, 2.05) is 0 Å². The SMILES string of the molecule is CC(CN1CCN(C2CCCC2)CC1)[N+](=O)[O-]. The number of hydrogen-bond acceptors (Lipinski definition) is 4. The molecule has 0 bridgehead atoms. The van der Waals surface area contributed by atoms with Crippen molar-refractivity contribution in [2.75, 3.05) is 32.7 Å². The number of nitro groups is 1. The minimum absolute atomic E-state index is 0.177. The Labute approximate surface area is 103 Å². The van der Waals surface area contributed by atoms with Gasteiger partial charge in [0.2, 0.25) is 6.04 Å². The lowest BCUT2D eigenvalue weighted by Gasteiger charge is -2.38. The average molecular weight is 241 g/mol. The molecule has 1 heterocycles. The molecule has 0 aromatic heterocycles. The van der Waals surface area contributed by atoms with Crippen molar-refractivity contribution in [3.05, 3.63) is 10.1 Å². The fraction of sp³-hybridized carbons (Fsp3) is 1.00. The third-order valence-electron chi connectivity index (χ3n) is 4.13. The van der Waals surface area contributed by atoms with Crippen LogP contribution in [-0.4, -0.2) is 59.5 Å². The first-order valence-corrected chi connectivity index (χ1v) is 6.76. The predicted octanol–water partition coefficient (Wildman–Crippen LogP) is 1.21. The summed E-state index contributed by atoms with van der Waals surface area (Å²) in [6, 6.07) is 0.359. The molecule has 0 aromatic carbocycles. The highest BCUT2D eigenvalue weighted by molar-refractivity contribution is 4.82. The van der Waals surface area contributed by atoms with Crippen molar-refractivity contribution in [1.82, 2.24) is 9.80 Å². The molecule has 2 rings (SSSR count). The maximum atomic E-state index is 10.6. The Morgan fingerprint density at radius 3 is 2.35 bits per heavy atom. The van der Waals surface area contributed by atoms with Gasteiger partial charge in [0.1, 0.15) is 0 Å². The van der Waals surface area contributed by atoms with E-state index in [2.05, 4.69) is 9.80 Å². The van der Waals surface area contributed by atoms with Crippen LogP contribution >= 0.6 is 0 Å².